The van der Waals surface area contributed by atoms with Gasteiger partial charge in [-0.05, 0) is 18.6 Å². The van der Waals surface area contributed by atoms with Gasteiger partial charge in [0.2, 0.25) is 0 Å². The Kier molecular flexibility index (Phi) is 4.42. The van der Waals surface area contributed by atoms with Crippen molar-refractivity contribution >= 4 is 11.4 Å². The van der Waals surface area contributed by atoms with Gasteiger partial charge in [0.05, 0.1) is 17.7 Å². The van der Waals surface area contributed by atoms with Crippen molar-refractivity contribution in [2.45, 2.75) is 19.9 Å². The predicted molar refractivity (Wildman–Crippen MR) is 79.6 cm³/mol. The van der Waals surface area contributed by atoms with Gasteiger partial charge in [0, 0.05) is 37.1 Å². The molecule has 112 valence electrons. The van der Waals surface area contributed by atoms with Crippen LogP contribution >= 0.6 is 0 Å². The monoisotopic (exact) mass is 290 g/mol. The minimum absolute atomic E-state index is 0.0515. The number of nitrogens with zero attached hydrogens (tertiary/aromatic N) is 3. The molecule has 0 aliphatic rings. The molecule has 1 heterocycles. The molecule has 21 heavy (non-hydrogen) atoms. The molecular weight excluding hydrogens is 272 g/mol. The maximum Gasteiger partial charge on any atom is 0.312 e. The normalized spacial score (nSPS) is 10.4. The molecule has 7 heteroatoms. The first-order valence-corrected chi connectivity index (χ1v) is 6.62. The number of benzene rings is 1. The molecule has 0 saturated heterocycles. The van der Waals surface area contributed by atoms with Crippen LogP contribution in [0.4, 0.5) is 11.4 Å². The van der Waals surface area contributed by atoms with E-state index >= 15 is 0 Å². The van der Waals surface area contributed by atoms with Crippen molar-refractivity contribution in [2.24, 2.45) is 7.05 Å². The topological polar surface area (TPSA) is 82.2 Å². The van der Waals surface area contributed by atoms with Crippen molar-refractivity contribution in [2.75, 3.05) is 12.4 Å². The molecule has 2 aromatic rings. The van der Waals surface area contributed by atoms with Crippen LogP contribution in [0.2, 0.25) is 0 Å². The number of nitro groups is 1. The SMILES string of the molecule is CCc1nn(C)cc1CNc1ccc(OC)c([N+](=O)[O-])c1. The highest BCUT2D eigenvalue weighted by atomic mass is 16.6. The molecular formula is C14H18N4O3. The molecule has 1 aromatic heterocycles. The third-order valence-electron chi connectivity index (χ3n) is 3.19. The number of ether oxygens (including phenoxy) is 1. The lowest BCUT2D eigenvalue weighted by atomic mass is 10.2. The molecule has 7 nitrogen and oxygen atoms in total. The lowest BCUT2D eigenvalue weighted by molar-refractivity contribution is -0.385. The largest absolute Gasteiger partial charge is 0.490 e. The van der Waals surface area contributed by atoms with E-state index in [1.54, 1.807) is 16.8 Å². The van der Waals surface area contributed by atoms with Gasteiger partial charge in [-0.25, -0.2) is 0 Å². The summed E-state index contributed by atoms with van der Waals surface area (Å²) in [6.07, 6.45) is 2.80. The summed E-state index contributed by atoms with van der Waals surface area (Å²) < 4.78 is 6.75. The summed E-state index contributed by atoms with van der Waals surface area (Å²) >= 11 is 0. The maximum atomic E-state index is 11.0. The summed E-state index contributed by atoms with van der Waals surface area (Å²) in [5.41, 5.74) is 2.73. The summed E-state index contributed by atoms with van der Waals surface area (Å²) in [5, 5.41) is 18.5. The molecule has 1 aromatic carbocycles. The molecule has 0 fully saturated rings. The van der Waals surface area contributed by atoms with Gasteiger partial charge in [0.25, 0.3) is 0 Å². The molecule has 0 bridgehead atoms. The fourth-order valence-electron chi connectivity index (χ4n) is 2.17. The van der Waals surface area contributed by atoms with Crippen molar-refractivity contribution in [3.05, 3.63) is 45.8 Å². The molecule has 0 spiro atoms. The minimum Gasteiger partial charge on any atom is -0.490 e. The van der Waals surface area contributed by atoms with Gasteiger partial charge in [-0.2, -0.15) is 5.10 Å². The second-order valence-electron chi connectivity index (χ2n) is 4.63. The van der Waals surface area contributed by atoms with E-state index in [2.05, 4.69) is 10.4 Å². The fraction of sp³-hybridized carbons (Fsp3) is 0.357. The molecule has 0 amide bonds. The van der Waals surface area contributed by atoms with E-state index in [1.165, 1.54) is 13.2 Å². The van der Waals surface area contributed by atoms with Crippen molar-refractivity contribution < 1.29 is 9.66 Å². The zero-order valence-electron chi connectivity index (χ0n) is 12.3. The van der Waals surface area contributed by atoms with Crippen LogP contribution in [-0.4, -0.2) is 21.8 Å². The van der Waals surface area contributed by atoms with Crippen molar-refractivity contribution in [1.82, 2.24) is 9.78 Å². The minimum atomic E-state index is -0.453. The Labute approximate surface area is 122 Å². The summed E-state index contributed by atoms with van der Waals surface area (Å²) in [4.78, 5) is 10.5. The lowest BCUT2D eigenvalue weighted by Gasteiger charge is -2.08. The summed E-state index contributed by atoms with van der Waals surface area (Å²) in [5.74, 6) is 0.251. The Hall–Kier alpha value is -2.57. The molecule has 0 aliphatic heterocycles. The molecule has 2 rings (SSSR count). The second-order valence-corrected chi connectivity index (χ2v) is 4.63. The maximum absolute atomic E-state index is 11.0. The fourth-order valence-corrected chi connectivity index (χ4v) is 2.17. The quantitative estimate of drug-likeness (QED) is 0.653. The van der Waals surface area contributed by atoms with E-state index in [1.807, 2.05) is 20.2 Å². The van der Waals surface area contributed by atoms with Crippen LogP contribution in [-0.2, 0) is 20.0 Å². The average Bonchev–Trinajstić information content (AvgIpc) is 2.84. The third kappa shape index (κ3) is 3.31. The number of aromatic nitrogens is 2. The summed E-state index contributed by atoms with van der Waals surface area (Å²) in [6.45, 7) is 2.62. The molecule has 0 radical (unpaired) electrons. The zero-order chi connectivity index (χ0) is 15.4. The van der Waals surface area contributed by atoms with Gasteiger partial charge in [0.1, 0.15) is 0 Å². The van der Waals surface area contributed by atoms with E-state index in [0.717, 1.165) is 17.7 Å². The number of rotatable bonds is 6. The van der Waals surface area contributed by atoms with Gasteiger partial charge < -0.3 is 10.1 Å². The summed E-state index contributed by atoms with van der Waals surface area (Å²) in [6, 6.07) is 4.82. The second kappa shape index (κ2) is 6.25. The Bertz CT molecular complexity index is 652. The first-order valence-electron chi connectivity index (χ1n) is 6.62. The van der Waals surface area contributed by atoms with Gasteiger partial charge in [-0.1, -0.05) is 6.92 Å². The lowest BCUT2D eigenvalue weighted by Crippen LogP contribution is -2.02. The zero-order valence-corrected chi connectivity index (χ0v) is 12.3. The number of hydrogen-bond donors (Lipinski definition) is 1. The van der Waals surface area contributed by atoms with Gasteiger partial charge in [-0.3, -0.25) is 14.8 Å². The Morgan fingerprint density at radius 3 is 2.86 bits per heavy atom. The average molecular weight is 290 g/mol. The van der Waals surface area contributed by atoms with E-state index in [0.29, 0.717) is 12.2 Å². The van der Waals surface area contributed by atoms with Crippen LogP contribution < -0.4 is 10.1 Å². The predicted octanol–water partition coefficient (Wildman–Crippen LogP) is 2.51. The number of hydrogen-bond acceptors (Lipinski definition) is 5. The Morgan fingerprint density at radius 1 is 1.48 bits per heavy atom. The first kappa shape index (κ1) is 14.8. The smallest absolute Gasteiger partial charge is 0.312 e. The van der Waals surface area contributed by atoms with Gasteiger partial charge in [0.15, 0.2) is 5.75 Å². The highest BCUT2D eigenvalue weighted by Gasteiger charge is 2.15. The van der Waals surface area contributed by atoms with Crippen LogP contribution in [0, 0.1) is 10.1 Å². The van der Waals surface area contributed by atoms with E-state index in [-0.39, 0.29) is 11.4 Å². The number of anilines is 1. The summed E-state index contributed by atoms with van der Waals surface area (Å²) in [7, 11) is 3.29. The van der Waals surface area contributed by atoms with Crippen molar-refractivity contribution in [3.8, 4) is 5.75 Å². The van der Waals surface area contributed by atoms with Crippen LogP contribution in [0.25, 0.3) is 0 Å². The van der Waals surface area contributed by atoms with Crippen molar-refractivity contribution in [1.29, 1.82) is 0 Å². The first-order chi connectivity index (χ1) is 10.0. The van der Waals surface area contributed by atoms with Crippen LogP contribution in [0.1, 0.15) is 18.2 Å². The van der Waals surface area contributed by atoms with Crippen LogP contribution in [0.5, 0.6) is 5.75 Å². The van der Waals surface area contributed by atoms with E-state index < -0.39 is 4.92 Å². The standard InChI is InChI=1S/C14H18N4O3/c1-4-12-10(9-17(2)16-12)8-15-11-5-6-14(21-3)13(7-11)18(19)20/h5-7,9,15H,4,8H2,1-3H3. The third-order valence-corrected chi connectivity index (χ3v) is 3.19. The van der Waals surface area contributed by atoms with Crippen molar-refractivity contribution in [3.63, 3.8) is 0 Å². The highest BCUT2D eigenvalue weighted by molar-refractivity contribution is 5.58. The molecule has 0 saturated carbocycles. The number of methoxy groups -OCH3 is 1. The number of aryl methyl sites for hydroxylation is 2. The Morgan fingerprint density at radius 2 is 2.24 bits per heavy atom. The van der Waals surface area contributed by atoms with Gasteiger partial charge in [-0.15, -0.1) is 0 Å². The molecule has 1 N–H and O–H groups in total. The van der Waals surface area contributed by atoms with E-state index in [4.69, 9.17) is 4.74 Å². The van der Waals surface area contributed by atoms with Crippen LogP contribution in [0.15, 0.2) is 24.4 Å². The van der Waals surface area contributed by atoms with E-state index in [9.17, 15) is 10.1 Å². The number of nitro benzene ring substituents is 1. The molecule has 0 atom stereocenters. The number of nitrogens with one attached hydrogen (secondary N) is 1. The molecule has 0 unspecified atom stereocenters. The highest BCUT2D eigenvalue weighted by Crippen LogP contribution is 2.29. The van der Waals surface area contributed by atoms with Crippen LogP contribution in [0.3, 0.4) is 0 Å². The molecule has 0 aliphatic carbocycles. The Balaban J connectivity index is 2.16. The van der Waals surface area contributed by atoms with Gasteiger partial charge >= 0.3 is 5.69 Å².